The van der Waals surface area contributed by atoms with E-state index in [9.17, 15) is 0 Å². The van der Waals surface area contributed by atoms with Gasteiger partial charge in [0, 0.05) is 42.3 Å². The predicted molar refractivity (Wildman–Crippen MR) is 120 cm³/mol. The number of allylic oxidation sites excluding steroid dienone is 3. The van der Waals surface area contributed by atoms with Gasteiger partial charge in [-0.15, -0.1) is 5.59 Å². The molecule has 0 amide bonds. The molecule has 0 aromatic carbocycles. The molecule has 4 heterocycles. The van der Waals surface area contributed by atoms with Crippen molar-refractivity contribution < 1.29 is 0 Å². The lowest BCUT2D eigenvalue weighted by Gasteiger charge is -2.32. The summed E-state index contributed by atoms with van der Waals surface area (Å²) in [6.45, 7) is 16.4. The second-order valence-electron chi connectivity index (χ2n) is 7.19. The summed E-state index contributed by atoms with van der Waals surface area (Å²) in [5.74, 6) is 0.857. The molecule has 4 rings (SSSR count). The van der Waals surface area contributed by atoms with E-state index in [0.717, 1.165) is 45.7 Å². The van der Waals surface area contributed by atoms with E-state index >= 15 is 0 Å². The fourth-order valence-corrected chi connectivity index (χ4v) is 3.32. The standard InChI is InChI=1S/C10H15BN3.C10H14BN3/c2*1-5-8(4)14-9(11)6(2)13-10(14)7(3)12-5/h1-4,11H3;9,12H,1-4H3/q-1;. The van der Waals surface area contributed by atoms with Crippen LogP contribution in [0.15, 0.2) is 27.9 Å². The quantitative estimate of drug-likeness (QED) is 0.705. The average Bonchev–Trinajstić information content (AvgIpc) is 3.10. The molecule has 2 radical (unpaired) electrons. The third kappa shape index (κ3) is 3.15. The number of aromatic nitrogens is 3. The van der Waals surface area contributed by atoms with Crippen LogP contribution in [0.3, 0.4) is 0 Å². The van der Waals surface area contributed by atoms with Crippen LogP contribution in [0.4, 0.5) is 0 Å². The number of rotatable bonds is 0. The molecular weight excluding hydrogens is 346 g/mol. The fourth-order valence-electron chi connectivity index (χ4n) is 3.32. The second kappa shape index (κ2) is 7.15. The maximum absolute atomic E-state index is 6.05. The Labute approximate surface area is 169 Å². The summed E-state index contributed by atoms with van der Waals surface area (Å²) >= 11 is 0. The average molecular weight is 375 g/mol. The minimum atomic E-state index is -0.1000. The topological polar surface area (TPSA) is 57.8 Å². The number of nitrogens with zero attached hydrogens (tertiary/aromatic N) is 5. The van der Waals surface area contributed by atoms with Crippen LogP contribution in [-0.2, 0) is 0 Å². The van der Waals surface area contributed by atoms with Gasteiger partial charge in [-0.1, -0.05) is 0 Å². The zero-order valence-electron chi connectivity index (χ0n) is 17.4. The van der Waals surface area contributed by atoms with Crippen LogP contribution >= 0.6 is 0 Å². The number of aryl methyl sites for hydroxylation is 4. The summed E-state index contributed by atoms with van der Waals surface area (Å²) in [7, 11) is 6.22. The molecule has 2 aliphatic rings. The normalized spacial score (nSPS) is 18.8. The fraction of sp³-hybridized carbons (Fsp3) is 0.450. The first kappa shape index (κ1) is 20.2. The number of nitrogens with one attached hydrogen (secondary N) is 1. The maximum atomic E-state index is 6.05. The van der Waals surface area contributed by atoms with Crippen molar-refractivity contribution in [1.29, 1.82) is 0 Å². The Morgan fingerprint density at radius 3 is 2.18 bits per heavy atom. The summed E-state index contributed by atoms with van der Waals surface area (Å²) in [6, 6.07) is 0. The molecule has 1 atom stereocenters. The van der Waals surface area contributed by atoms with E-state index in [1.807, 2.05) is 20.8 Å². The molecule has 146 valence electrons. The Morgan fingerprint density at radius 1 is 0.893 bits per heavy atom. The van der Waals surface area contributed by atoms with Gasteiger partial charge in [-0.2, -0.15) is 0 Å². The number of imidazole rings is 1. The summed E-state index contributed by atoms with van der Waals surface area (Å²) in [6.07, 6.45) is 0. The molecule has 0 bridgehead atoms. The molecule has 0 aliphatic carbocycles. The Morgan fingerprint density at radius 2 is 1.54 bits per heavy atom. The van der Waals surface area contributed by atoms with E-state index in [2.05, 4.69) is 64.2 Å². The Hall–Kier alpha value is -2.50. The Bertz CT molecular complexity index is 1060. The summed E-state index contributed by atoms with van der Waals surface area (Å²) in [5.41, 5.74) is 11.5. The van der Waals surface area contributed by atoms with Crippen molar-refractivity contribution in [3.8, 4) is 0 Å². The minimum Gasteiger partial charge on any atom is -0.358 e. The summed E-state index contributed by atoms with van der Waals surface area (Å²) in [5, 5.41) is 3.30. The van der Waals surface area contributed by atoms with Gasteiger partial charge >= 0.3 is 0 Å². The molecule has 2 aliphatic heterocycles. The van der Waals surface area contributed by atoms with Gasteiger partial charge in [0.15, 0.2) is 11.5 Å². The van der Waals surface area contributed by atoms with Gasteiger partial charge in [-0.05, 0) is 55.4 Å². The van der Waals surface area contributed by atoms with Gasteiger partial charge in [0.2, 0.25) is 0 Å². The van der Waals surface area contributed by atoms with Crippen molar-refractivity contribution in [2.24, 2.45) is 4.99 Å². The largest absolute Gasteiger partial charge is 0.358 e. The lowest BCUT2D eigenvalue weighted by atomic mass is 9.91. The lowest BCUT2D eigenvalue weighted by molar-refractivity contribution is 0.439. The van der Waals surface area contributed by atoms with Crippen LogP contribution in [0.25, 0.3) is 5.65 Å². The van der Waals surface area contributed by atoms with Crippen molar-refractivity contribution in [2.75, 3.05) is 0 Å². The van der Waals surface area contributed by atoms with E-state index < -0.39 is 0 Å². The highest BCUT2D eigenvalue weighted by atomic mass is 15.3. The van der Waals surface area contributed by atoms with Gasteiger partial charge in [-0.3, -0.25) is 4.98 Å². The van der Waals surface area contributed by atoms with E-state index in [4.69, 9.17) is 7.85 Å². The zero-order valence-corrected chi connectivity index (χ0v) is 17.4. The molecule has 0 saturated carbocycles. The molecule has 28 heavy (non-hydrogen) atoms. The molecule has 0 fully saturated rings. The molecule has 2 aromatic rings. The highest BCUT2D eigenvalue weighted by Crippen LogP contribution is 2.30. The molecule has 2 aromatic heterocycles. The van der Waals surface area contributed by atoms with E-state index in [0.29, 0.717) is 0 Å². The first-order valence-corrected chi connectivity index (χ1v) is 9.09. The SMILES string of the molecule is [BH3-]c1c(C)nc2c(C)nc(C)c(C)n12.[B]C1C(C)=NC2=C(C)NC(C)=C(C)N21. The molecule has 6 nitrogen and oxygen atoms in total. The van der Waals surface area contributed by atoms with Crippen LogP contribution in [0.2, 0.25) is 0 Å². The third-order valence-electron chi connectivity index (χ3n) is 5.11. The molecule has 8 heteroatoms. The lowest BCUT2D eigenvalue weighted by Crippen LogP contribution is -2.38. The van der Waals surface area contributed by atoms with Crippen LogP contribution in [0, 0.1) is 27.7 Å². The first-order chi connectivity index (χ1) is 13.0. The zero-order chi connectivity index (χ0) is 20.9. The highest BCUT2D eigenvalue weighted by Gasteiger charge is 2.31. The number of aliphatic imine (C=N–C) groups is 1. The van der Waals surface area contributed by atoms with Gasteiger partial charge in [0.1, 0.15) is 7.85 Å². The molecule has 0 spiro atoms. The van der Waals surface area contributed by atoms with E-state index in [-0.39, 0.29) is 13.8 Å². The molecule has 0 saturated heterocycles. The van der Waals surface area contributed by atoms with Gasteiger partial charge in [-0.25, -0.2) is 9.98 Å². The predicted octanol–water partition coefficient (Wildman–Crippen LogP) is 1.25. The van der Waals surface area contributed by atoms with Crippen molar-refractivity contribution in [3.63, 3.8) is 0 Å². The number of fused-ring (bicyclic) bond motifs is 2. The van der Waals surface area contributed by atoms with Gasteiger partial charge in [0.25, 0.3) is 0 Å². The number of hydrogen-bond donors (Lipinski definition) is 1. The monoisotopic (exact) mass is 375 g/mol. The molecular formula is C20H29B2N6-. The van der Waals surface area contributed by atoms with Gasteiger partial charge < -0.3 is 14.6 Å². The first-order valence-electron chi connectivity index (χ1n) is 9.09. The second-order valence-corrected chi connectivity index (χ2v) is 7.19. The van der Waals surface area contributed by atoms with E-state index in [1.54, 1.807) is 0 Å². The maximum Gasteiger partial charge on any atom is 0.155 e. The molecule has 1 N–H and O–H groups in total. The molecule has 1 unspecified atom stereocenters. The summed E-state index contributed by atoms with van der Waals surface area (Å²) < 4.78 is 2.30. The number of hydrogen-bond acceptors (Lipinski definition) is 5. The van der Waals surface area contributed by atoms with Crippen molar-refractivity contribution in [2.45, 2.75) is 61.3 Å². The Kier molecular flexibility index (Phi) is 5.17. The van der Waals surface area contributed by atoms with E-state index in [1.165, 1.54) is 17.0 Å². The van der Waals surface area contributed by atoms with Crippen LogP contribution in [0.5, 0.6) is 0 Å². The van der Waals surface area contributed by atoms with Crippen molar-refractivity contribution in [1.82, 2.24) is 24.6 Å². The third-order valence-corrected chi connectivity index (χ3v) is 5.11. The van der Waals surface area contributed by atoms with Crippen LogP contribution in [0.1, 0.15) is 50.5 Å². The van der Waals surface area contributed by atoms with Gasteiger partial charge in [0.05, 0.1) is 17.1 Å². The van der Waals surface area contributed by atoms with Crippen molar-refractivity contribution in [3.05, 3.63) is 45.7 Å². The van der Waals surface area contributed by atoms with Crippen LogP contribution < -0.4 is 10.9 Å². The highest BCUT2D eigenvalue weighted by molar-refractivity contribution is 6.32. The summed E-state index contributed by atoms with van der Waals surface area (Å²) in [4.78, 5) is 15.6. The smallest absolute Gasteiger partial charge is 0.155 e. The van der Waals surface area contributed by atoms with Crippen LogP contribution in [-0.4, -0.2) is 46.6 Å². The van der Waals surface area contributed by atoms with Crippen molar-refractivity contribution >= 4 is 32.6 Å². The minimum absolute atomic E-state index is 0.1000. The Balaban J connectivity index is 0.000000161.